The number of fused-ring (bicyclic) bond motifs is 1. The normalized spacial score (nSPS) is 15.7. The van der Waals surface area contributed by atoms with Gasteiger partial charge in [0.2, 0.25) is 0 Å². The molecule has 1 heterocycles. The van der Waals surface area contributed by atoms with Crippen molar-refractivity contribution >= 4 is 23.4 Å². The van der Waals surface area contributed by atoms with Crippen molar-refractivity contribution in [3.63, 3.8) is 0 Å². The minimum absolute atomic E-state index is 0.0842. The highest BCUT2D eigenvalue weighted by Crippen LogP contribution is 2.33. The molecule has 4 rings (SSSR count). The molecule has 6 heteroatoms. The first-order valence-electron chi connectivity index (χ1n) is 10.0. The molecule has 0 spiro atoms. The third-order valence-electron chi connectivity index (χ3n) is 5.27. The summed E-state index contributed by atoms with van der Waals surface area (Å²) in [4.78, 5) is 41.9. The van der Waals surface area contributed by atoms with Crippen LogP contribution < -0.4 is 9.64 Å². The predicted octanol–water partition coefficient (Wildman–Crippen LogP) is 3.90. The summed E-state index contributed by atoms with van der Waals surface area (Å²) in [5.41, 5.74) is 1.52. The van der Waals surface area contributed by atoms with Gasteiger partial charge < -0.3 is 9.64 Å². The number of rotatable bonds is 6. The van der Waals surface area contributed by atoms with Crippen molar-refractivity contribution in [2.45, 2.75) is 45.7 Å². The van der Waals surface area contributed by atoms with E-state index in [4.69, 9.17) is 4.74 Å². The average Bonchev–Trinajstić information content (AvgIpc) is 3.50. The predicted molar refractivity (Wildman–Crippen MR) is 110 cm³/mol. The van der Waals surface area contributed by atoms with Gasteiger partial charge in [-0.1, -0.05) is 0 Å². The molecule has 1 saturated carbocycles. The average molecular weight is 392 g/mol. The molecule has 0 aromatic heterocycles. The van der Waals surface area contributed by atoms with E-state index in [0.717, 1.165) is 17.7 Å². The maximum absolute atomic E-state index is 13.0. The van der Waals surface area contributed by atoms with Gasteiger partial charge in [-0.05, 0) is 76.1 Å². The van der Waals surface area contributed by atoms with Crippen molar-refractivity contribution in [1.29, 1.82) is 0 Å². The van der Waals surface area contributed by atoms with E-state index in [2.05, 4.69) is 0 Å². The molecule has 0 N–H and O–H groups in total. The Morgan fingerprint density at radius 1 is 1.07 bits per heavy atom. The quantitative estimate of drug-likeness (QED) is 0.700. The molecule has 0 atom stereocenters. The van der Waals surface area contributed by atoms with E-state index in [1.807, 2.05) is 25.7 Å². The standard InChI is InChI=1S/C23H24N2O4/c1-4-29-18-10-8-17(9-11-18)25-22(27)19-12-5-15(13-20(19)23(25)28)21(26)24(14(2)3)16-6-7-16/h5,8-14,16H,4,6-7H2,1-3H3. The van der Waals surface area contributed by atoms with Crippen LogP contribution in [0, 0.1) is 0 Å². The highest BCUT2D eigenvalue weighted by Gasteiger charge is 2.39. The van der Waals surface area contributed by atoms with Gasteiger partial charge in [0, 0.05) is 17.6 Å². The van der Waals surface area contributed by atoms with Crippen LogP contribution in [0.3, 0.4) is 0 Å². The maximum atomic E-state index is 13.0. The van der Waals surface area contributed by atoms with Crippen LogP contribution in [0.1, 0.15) is 64.7 Å². The molecule has 2 aliphatic rings. The Kier molecular flexibility index (Phi) is 4.86. The number of ether oxygens (including phenoxy) is 1. The lowest BCUT2D eigenvalue weighted by Crippen LogP contribution is -2.38. The Labute approximate surface area is 170 Å². The van der Waals surface area contributed by atoms with E-state index >= 15 is 0 Å². The lowest BCUT2D eigenvalue weighted by atomic mass is 10.0. The second-order valence-electron chi connectivity index (χ2n) is 7.67. The van der Waals surface area contributed by atoms with E-state index in [0.29, 0.717) is 29.2 Å². The first-order valence-corrected chi connectivity index (χ1v) is 10.0. The zero-order chi connectivity index (χ0) is 20.7. The van der Waals surface area contributed by atoms with E-state index in [1.54, 1.807) is 42.5 Å². The number of imide groups is 1. The second kappa shape index (κ2) is 7.35. The van der Waals surface area contributed by atoms with Crippen LogP contribution in [-0.2, 0) is 0 Å². The molecule has 2 aromatic carbocycles. The van der Waals surface area contributed by atoms with Crippen molar-refractivity contribution in [2.75, 3.05) is 11.5 Å². The number of anilines is 1. The smallest absolute Gasteiger partial charge is 0.266 e. The molecule has 3 amide bonds. The van der Waals surface area contributed by atoms with E-state index in [1.165, 1.54) is 0 Å². The topological polar surface area (TPSA) is 66.9 Å². The zero-order valence-electron chi connectivity index (χ0n) is 16.8. The largest absolute Gasteiger partial charge is 0.494 e. The lowest BCUT2D eigenvalue weighted by Gasteiger charge is -2.26. The Morgan fingerprint density at radius 3 is 2.31 bits per heavy atom. The number of amides is 3. The number of benzene rings is 2. The fourth-order valence-corrected chi connectivity index (χ4v) is 3.79. The van der Waals surface area contributed by atoms with Crippen LogP contribution in [0.4, 0.5) is 5.69 Å². The lowest BCUT2D eigenvalue weighted by molar-refractivity contribution is 0.0690. The van der Waals surface area contributed by atoms with Gasteiger partial charge >= 0.3 is 0 Å². The molecule has 2 aromatic rings. The Bertz CT molecular complexity index is 975. The Morgan fingerprint density at radius 2 is 1.72 bits per heavy atom. The molecule has 0 saturated heterocycles. The highest BCUT2D eigenvalue weighted by atomic mass is 16.5. The third kappa shape index (κ3) is 3.39. The molecular weight excluding hydrogens is 368 g/mol. The second-order valence-corrected chi connectivity index (χ2v) is 7.67. The minimum atomic E-state index is -0.411. The summed E-state index contributed by atoms with van der Waals surface area (Å²) >= 11 is 0. The van der Waals surface area contributed by atoms with E-state index in [9.17, 15) is 14.4 Å². The van der Waals surface area contributed by atoms with Gasteiger partial charge in [0.05, 0.1) is 23.4 Å². The van der Waals surface area contributed by atoms with Crippen molar-refractivity contribution in [1.82, 2.24) is 4.90 Å². The summed E-state index contributed by atoms with van der Waals surface area (Å²) in [7, 11) is 0. The van der Waals surface area contributed by atoms with Gasteiger partial charge in [-0.25, -0.2) is 4.90 Å². The van der Waals surface area contributed by atoms with Crippen LogP contribution in [-0.4, -0.2) is 41.3 Å². The Hall–Kier alpha value is -3.15. The van der Waals surface area contributed by atoms with Crippen LogP contribution in [0.25, 0.3) is 0 Å². The summed E-state index contributed by atoms with van der Waals surface area (Å²) < 4.78 is 5.42. The molecule has 0 bridgehead atoms. The monoisotopic (exact) mass is 392 g/mol. The summed E-state index contributed by atoms with van der Waals surface area (Å²) in [5.74, 6) is -0.206. The SMILES string of the molecule is CCOc1ccc(N2C(=O)c3ccc(C(=O)N(C(C)C)C4CC4)cc3C2=O)cc1. The molecule has 150 valence electrons. The first kappa shape index (κ1) is 19.2. The van der Waals surface area contributed by atoms with Gasteiger partial charge in [-0.15, -0.1) is 0 Å². The summed E-state index contributed by atoms with van der Waals surface area (Å²) in [6.45, 7) is 6.41. The molecule has 1 aliphatic heterocycles. The van der Waals surface area contributed by atoms with E-state index in [-0.39, 0.29) is 29.5 Å². The third-order valence-corrected chi connectivity index (χ3v) is 5.27. The van der Waals surface area contributed by atoms with E-state index < -0.39 is 5.91 Å². The van der Waals surface area contributed by atoms with Crippen molar-refractivity contribution < 1.29 is 19.1 Å². The number of hydrogen-bond donors (Lipinski definition) is 0. The van der Waals surface area contributed by atoms with Crippen LogP contribution in [0.15, 0.2) is 42.5 Å². The molecule has 6 nitrogen and oxygen atoms in total. The fraction of sp³-hybridized carbons (Fsp3) is 0.348. The fourth-order valence-electron chi connectivity index (χ4n) is 3.79. The van der Waals surface area contributed by atoms with Crippen molar-refractivity contribution in [2.24, 2.45) is 0 Å². The molecule has 1 fully saturated rings. The highest BCUT2D eigenvalue weighted by molar-refractivity contribution is 6.34. The molecule has 0 radical (unpaired) electrons. The van der Waals surface area contributed by atoms with Gasteiger partial charge in [0.15, 0.2) is 0 Å². The molecular formula is C23H24N2O4. The maximum Gasteiger partial charge on any atom is 0.266 e. The number of carbonyl (C=O) groups is 3. The number of nitrogens with zero attached hydrogens (tertiary/aromatic N) is 2. The van der Waals surface area contributed by atoms with Gasteiger partial charge in [-0.3, -0.25) is 14.4 Å². The van der Waals surface area contributed by atoms with Crippen molar-refractivity contribution in [3.8, 4) is 5.75 Å². The summed E-state index contributed by atoms with van der Waals surface area (Å²) in [5, 5.41) is 0. The van der Waals surface area contributed by atoms with Crippen LogP contribution >= 0.6 is 0 Å². The van der Waals surface area contributed by atoms with Gasteiger partial charge in [0.1, 0.15) is 5.75 Å². The zero-order valence-corrected chi connectivity index (χ0v) is 16.8. The van der Waals surface area contributed by atoms with Crippen LogP contribution in [0.2, 0.25) is 0 Å². The Balaban J connectivity index is 1.63. The van der Waals surface area contributed by atoms with Crippen molar-refractivity contribution in [3.05, 3.63) is 59.2 Å². The molecule has 29 heavy (non-hydrogen) atoms. The first-order chi connectivity index (χ1) is 13.9. The number of carbonyl (C=O) groups excluding carboxylic acids is 3. The number of hydrogen-bond acceptors (Lipinski definition) is 4. The van der Waals surface area contributed by atoms with Crippen LogP contribution in [0.5, 0.6) is 5.75 Å². The molecule has 1 aliphatic carbocycles. The summed E-state index contributed by atoms with van der Waals surface area (Å²) in [6, 6.07) is 12.0. The van der Waals surface area contributed by atoms with Gasteiger partial charge in [0.25, 0.3) is 17.7 Å². The minimum Gasteiger partial charge on any atom is -0.494 e. The summed E-state index contributed by atoms with van der Waals surface area (Å²) in [6.07, 6.45) is 2.02. The van der Waals surface area contributed by atoms with Gasteiger partial charge in [-0.2, -0.15) is 0 Å². The molecule has 0 unspecified atom stereocenters.